The summed E-state index contributed by atoms with van der Waals surface area (Å²) in [7, 11) is 0. The minimum absolute atomic E-state index is 0. The molecule has 0 amide bonds. The lowest BCUT2D eigenvalue weighted by molar-refractivity contribution is 0.213. The fraction of sp³-hybridized carbons (Fsp3) is 0.400. The van der Waals surface area contributed by atoms with Crippen molar-refractivity contribution in [2.45, 2.75) is 12.5 Å². The fourth-order valence-electron chi connectivity index (χ4n) is 1.46. The van der Waals surface area contributed by atoms with Crippen LogP contribution in [0.5, 0.6) is 5.88 Å². The van der Waals surface area contributed by atoms with Gasteiger partial charge in [0.25, 0.3) is 0 Å². The van der Waals surface area contributed by atoms with E-state index in [-0.39, 0.29) is 18.5 Å². The second-order valence-electron chi connectivity index (χ2n) is 3.20. The molecule has 0 unspecified atom stereocenters. The Bertz CT molecular complexity index is 358. The van der Waals surface area contributed by atoms with E-state index in [4.69, 9.17) is 10.00 Å². The second kappa shape index (κ2) is 5.54. The summed E-state index contributed by atoms with van der Waals surface area (Å²) in [6.45, 7) is 1.81. The Morgan fingerprint density at radius 2 is 2.47 bits per heavy atom. The molecule has 1 aromatic rings. The minimum atomic E-state index is 0. The van der Waals surface area contributed by atoms with Crippen LogP contribution in [0.2, 0.25) is 0 Å². The molecule has 0 bridgehead atoms. The van der Waals surface area contributed by atoms with Crippen LogP contribution in [-0.4, -0.2) is 24.2 Å². The molecule has 1 fully saturated rings. The van der Waals surface area contributed by atoms with Gasteiger partial charge < -0.3 is 10.1 Å². The Kier molecular flexibility index (Phi) is 4.35. The van der Waals surface area contributed by atoms with E-state index in [1.807, 2.05) is 0 Å². The van der Waals surface area contributed by atoms with Crippen molar-refractivity contribution >= 4 is 12.4 Å². The van der Waals surface area contributed by atoms with Gasteiger partial charge in [-0.05, 0) is 25.1 Å². The van der Waals surface area contributed by atoms with Crippen molar-refractivity contribution in [3.63, 3.8) is 0 Å². The summed E-state index contributed by atoms with van der Waals surface area (Å²) in [4.78, 5) is 4.04. The average Bonchev–Trinajstić information content (AvgIpc) is 2.71. The molecular weight excluding hydrogens is 214 g/mol. The van der Waals surface area contributed by atoms with Crippen molar-refractivity contribution in [3.8, 4) is 11.9 Å². The molecule has 1 N–H and O–H groups in total. The van der Waals surface area contributed by atoms with Crippen LogP contribution in [0.4, 0.5) is 0 Å². The van der Waals surface area contributed by atoms with Crippen molar-refractivity contribution in [1.29, 1.82) is 5.26 Å². The first-order valence-corrected chi connectivity index (χ1v) is 4.62. The third-order valence-corrected chi connectivity index (χ3v) is 2.19. The molecule has 4 nitrogen and oxygen atoms in total. The molecule has 0 aromatic carbocycles. The number of nitrogens with zero attached hydrogens (tertiary/aromatic N) is 2. The van der Waals surface area contributed by atoms with E-state index in [2.05, 4.69) is 16.4 Å². The number of nitriles is 1. The van der Waals surface area contributed by atoms with Crippen LogP contribution in [0.15, 0.2) is 18.3 Å². The summed E-state index contributed by atoms with van der Waals surface area (Å²) in [5.74, 6) is 0.448. The van der Waals surface area contributed by atoms with E-state index in [0.717, 1.165) is 19.5 Å². The Morgan fingerprint density at radius 1 is 1.60 bits per heavy atom. The van der Waals surface area contributed by atoms with E-state index >= 15 is 0 Å². The first-order chi connectivity index (χ1) is 6.90. The molecule has 1 aromatic heterocycles. The molecule has 0 radical (unpaired) electrons. The second-order valence-corrected chi connectivity index (χ2v) is 3.20. The normalized spacial score (nSPS) is 19.0. The molecule has 0 aliphatic carbocycles. The van der Waals surface area contributed by atoms with Gasteiger partial charge in [0.05, 0.1) is 0 Å². The predicted molar refractivity (Wildman–Crippen MR) is 58.1 cm³/mol. The van der Waals surface area contributed by atoms with Gasteiger partial charge in [0.1, 0.15) is 17.7 Å². The number of hydrogen-bond acceptors (Lipinski definition) is 4. The van der Waals surface area contributed by atoms with Gasteiger partial charge in [-0.3, -0.25) is 0 Å². The smallest absolute Gasteiger partial charge is 0.231 e. The lowest BCUT2D eigenvalue weighted by atomic mass is 10.3. The summed E-state index contributed by atoms with van der Waals surface area (Å²) in [6, 6.07) is 5.51. The summed E-state index contributed by atoms with van der Waals surface area (Å²) >= 11 is 0. The van der Waals surface area contributed by atoms with Crippen LogP contribution in [-0.2, 0) is 0 Å². The average molecular weight is 226 g/mol. The summed E-state index contributed by atoms with van der Waals surface area (Å²) in [5.41, 5.74) is 0.499. The fourth-order valence-corrected chi connectivity index (χ4v) is 1.46. The van der Waals surface area contributed by atoms with Gasteiger partial charge >= 0.3 is 0 Å². The van der Waals surface area contributed by atoms with Crippen molar-refractivity contribution in [3.05, 3.63) is 23.9 Å². The highest BCUT2D eigenvalue weighted by Crippen LogP contribution is 2.16. The van der Waals surface area contributed by atoms with E-state index in [0.29, 0.717) is 11.4 Å². The summed E-state index contributed by atoms with van der Waals surface area (Å²) < 4.78 is 5.60. The first kappa shape index (κ1) is 11.8. The number of ether oxygens (including phenoxy) is 1. The highest BCUT2D eigenvalue weighted by atomic mass is 35.5. The molecule has 1 aliphatic heterocycles. The third-order valence-electron chi connectivity index (χ3n) is 2.19. The van der Waals surface area contributed by atoms with Gasteiger partial charge in [-0.15, -0.1) is 12.4 Å². The van der Waals surface area contributed by atoms with Crippen LogP contribution in [0, 0.1) is 11.3 Å². The topological polar surface area (TPSA) is 57.9 Å². The maximum absolute atomic E-state index is 8.81. The Balaban J connectivity index is 0.00000112. The van der Waals surface area contributed by atoms with Crippen LogP contribution in [0.1, 0.15) is 12.0 Å². The highest BCUT2D eigenvalue weighted by molar-refractivity contribution is 5.85. The van der Waals surface area contributed by atoms with Gasteiger partial charge in [-0.1, -0.05) is 0 Å². The van der Waals surface area contributed by atoms with Crippen LogP contribution in [0.25, 0.3) is 0 Å². The first-order valence-electron chi connectivity index (χ1n) is 4.62. The number of pyridine rings is 1. The van der Waals surface area contributed by atoms with Crippen molar-refractivity contribution < 1.29 is 4.74 Å². The SMILES string of the molecule is Cl.N#Cc1cccnc1O[C@@H]1CCNC1. The maximum Gasteiger partial charge on any atom is 0.231 e. The molecule has 2 rings (SSSR count). The largest absolute Gasteiger partial charge is 0.472 e. The number of halogens is 1. The third kappa shape index (κ3) is 2.82. The predicted octanol–water partition coefficient (Wildman–Crippen LogP) is 1.12. The highest BCUT2D eigenvalue weighted by Gasteiger charge is 2.17. The van der Waals surface area contributed by atoms with Crippen LogP contribution in [0.3, 0.4) is 0 Å². The molecule has 5 heteroatoms. The number of aromatic nitrogens is 1. The molecule has 0 saturated carbocycles. The number of rotatable bonds is 2. The maximum atomic E-state index is 8.81. The summed E-state index contributed by atoms with van der Waals surface area (Å²) in [6.07, 6.45) is 2.76. The van der Waals surface area contributed by atoms with E-state index in [1.165, 1.54) is 0 Å². The summed E-state index contributed by atoms with van der Waals surface area (Å²) in [5, 5.41) is 12.0. The van der Waals surface area contributed by atoms with Crippen molar-refractivity contribution in [1.82, 2.24) is 10.3 Å². The molecular formula is C10H12ClN3O. The Labute approximate surface area is 94.7 Å². The molecule has 0 spiro atoms. The zero-order chi connectivity index (χ0) is 9.80. The quantitative estimate of drug-likeness (QED) is 0.820. The van der Waals surface area contributed by atoms with Crippen molar-refractivity contribution in [2.75, 3.05) is 13.1 Å². The monoisotopic (exact) mass is 225 g/mol. The van der Waals surface area contributed by atoms with E-state index < -0.39 is 0 Å². The van der Waals surface area contributed by atoms with Gasteiger partial charge in [0.15, 0.2) is 0 Å². The zero-order valence-electron chi connectivity index (χ0n) is 8.14. The minimum Gasteiger partial charge on any atom is -0.472 e. The molecule has 80 valence electrons. The van der Waals surface area contributed by atoms with Gasteiger partial charge in [-0.25, -0.2) is 4.98 Å². The zero-order valence-corrected chi connectivity index (χ0v) is 8.96. The Morgan fingerprint density at radius 3 is 3.13 bits per heavy atom. The molecule has 2 heterocycles. The number of hydrogen-bond donors (Lipinski definition) is 1. The van der Waals surface area contributed by atoms with Crippen molar-refractivity contribution in [2.24, 2.45) is 0 Å². The molecule has 1 saturated heterocycles. The van der Waals surface area contributed by atoms with E-state index in [9.17, 15) is 0 Å². The van der Waals surface area contributed by atoms with E-state index in [1.54, 1.807) is 18.3 Å². The lowest BCUT2D eigenvalue weighted by Crippen LogP contribution is -2.20. The molecule has 15 heavy (non-hydrogen) atoms. The molecule has 1 aliphatic rings. The molecule has 1 atom stereocenters. The Hall–Kier alpha value is -1.31. The van der Waals surface area contributed by atoms with Gasteiger partial charge in [0.2, 0.25) is 5.88 Å². The lowest BCUT2D eigenvalue weighted by Gasteiger charge is -2.11. The number of nitrogens with one attached hydrogen (secondary N) is 1. The van der Waals surface area contributed by atoms with Crippen LogP contribution < -0.4 is 10.1 Å². The van der Waals surface area contributed by atoms with Gasteiger partial charge in [0, 0.05) is 12.7 Å². The standard InChI is InChI=1S/C10H11N3O.ClH/c11-6-8-2-1-4-13-10(8)14-9-3-5-12-7-9;/h1-2,4,9,12H,3,5,7H2;1H/t9-;/m1./s1. The van der Waals surface area contributed by atoms with Gasteiger partial charge in [-0.2, -0.15) is 5.26 Å². The van der Waals surface area contributed by atoms with Crippen LogP contribution >= 0.6 is 12.4 Å².